The van der Waals surface area contributed by atoms with Crippen molar-refractivity contribution in [3.63, 3.8) is 0 Å². The standard InChI is InChI=1S/C15H23N3O/c1-13-2-4-14(5-3-13)15(19)12-18-10-8-17(7-6-16)9-11-18/h2-5H,6-12,16H2,1H3. The summed E-state index contributed by atoms with van der Waals surface area (Å²) in [6.45, 7) is 8.17. The lowest BCUT2D eigenvalue weighted by Gasteiger charge is -2.34. The average Bonchev–Trinajstić information content (AvgIpc) is 2.42. The van der Waals surface area contributed by atoms with Crippen molar-refractivity contribution in [2.45, 2.75) is 6.92 Å². The Morgan fingerprint density at radius 1 is 1.11 bits per heavy atom. The molecule has 104 valence electrons. The normalized spacial score (nSPS) is 17.6. The summed E-state index contributed by atoms with van der Waals surface area (Å²) in [5, 5.41) is 0. The van der Waals surface area contributed by atoms with Gasteiger partial charge in [-0.05, 0) is 6.92 Å². The fraction of sp³-hybridized carbons (Fsp3) is 0.533. The summed E-state index contributed by atoms with van der Waals surface area (Å²) in [5.74, 6) is 0.215. The van der Waals surface area contributed by atoms with Crippen LogP contribution in [0.5, 0.6) is 0 Å². The first-order valence-corrected chi connectivity index (χ1v) is 6.93. The van der Waals surface area contributed by atoms with Crippen LogP contribution in [0.2, 0.25) is 0 Å². The van der Waals surface area contributed by atoms with Crippen LogP contribution in [-0.2, 0) is 0 Å². The van der Waals surface area contributed by atoms with Crippen molar-refractivity contribution >= 4 is 5.78 Å². The molecule has 1 aromatic rings. The van der Waals surface area contributed by atoms with Crippen LogP contribution in [-0.4, -0.2) is 61.4 Å². The second-order valence-corrected chi connectivity index (χ2v) is 5.20. The summed E-state index contributed by atoms with van der Waals surface area (Å²) >= 11 is 0. The van der Waals surface area contributed by atoms with Gasteiger partial charge < -0.3 is 5.73 Å². The molecule has 0 atom stereocenters. The highest BCUT2D eigenvalue weighted by atomic mass is 16.1. The van der Waals surface area contributed by atoms with E-state index in [4.69, 9.17) is 5.73 Å². The van der Waals surface area contributed by atoms with Crippen LogP contribution in [0.4, 0.5) is 0 Å². The van der Waals surface area contributed by atoms with Gasteiger partial charge >= 0.3 is 0 Å². The molecular weight excluding hydrogens is 238 g/mol. The second-order valence-electron chi connectivity index (χ2n) is 5.20. The van der Waals surface area contributed by atoms with Gasteiger partial charge in [0.05, 0.1) is 6.54 Å². The zero-order chi connectivity index (χ0) is 13.7. The third kappa shape index (κ3) is 4.13. The lowest BCUT2D eigenvalue weighted by atomic mass is 10.1. The third-order valence-electron chi connectivity index (χ3n) is 3.65. The fourth-order valence-electron chi connectivity index (χ4n) is 2.39. The van der Waals surface area contributed by atoms with E-state index in [1.807, 2.05) is 31.2 Å². The van der Waals surface area contributed by atoms with Crippen LogP contribution in [0.25, 0.3) is 0 Å². The number of carbonyl (C=O) groups excluding carboxylic acids is 1. The zero-order valence-electron chi connectivity index (χ0n) is 11.6. The van der Waals surface area contributed by atoms with Crippen molar-refractivity contribution in [2.24, 2.45) is 5.73 Å². The summed E-state index contributed by atoms with van der Waals surface area (Å²) < 4.78 is 0. The van der Waals surface area contributed by atoms with Crippen LogP contribution < -0.4 is 5.73 Å². The summed E-state index contributed by atoms with van der Waals surface area (Å²) in [6.07, 6.45) is 0. The van der Waals surface area contributed by atoms with Crippen molar-refractivity contribution in [3.05, 3.63) is 35.4 Å². The lowest BCUT2D eigenvalue weighted by molar-refractivity contribution is 0.0856. The summed E-state index contributed by atoms with van der Waals surface area (Å²) in [4.78, 5) is 16.7. The van der Waals surface area contributed by atoms with Gasteiger partial charge in [-0.2, -0.15) is 0 Å². The number of carbonyl (C=O) groups is 1. The molecule has 0 radical (unpaired) electrons. The number of Topliss-reactive ketones (excluding diaryl/α,β-unsaturated/α-hetero) is 1. The van der Waals surface area contributed by atoms with Gasteiger partial charge in [0.1, 0.15) is 0 Å². The van der Waals surface area contributed by atoms with Crippen molar-refractivity contribution < 1.29 is 4.79 Å². The van der Waals surface area contributed by atoms with E-state index in [1.54, 1.807) is 0 Å². The first-order valence-electron chi connectivity index (χ1n) is 6.93. The Labute approximate surface area is 115 Å². The second kappa shape index (κ2) is 6.80. The van der Waals surface area contributed by atoms with E-state index in [2.05, 4.69) is 9.80 Å². The molecule has 0 bridgehead atoms. The maximum absolute atomic E-state index is 12.2. The number of nitrogens with zero attached hydrogens (tertiary/aromatic N) is 2. The lowest BCUT2D eigenvalue weighted by Crippen LogP contribution is -2.49. The quantitative estimate of drug-likeness (QED) is 0.795. The van der Waals surface area contributed by atoms with Crippen molar-refractivity contribution in [1.82, 2.24) is 9.80 Å². The highest BCUT2D eigenvalue weighted by Crippen LogP contribution is 2.07. The van der Waals surface area contributed by atoms with Gasteiger partial charge in [-0.3, -0.25) is 14.6 Å². The minimum Gasteiger partial charge on any atom is -0.329 e. The molecule has 2 N–H and O–H groups in total. The molecule has 0 aliphatic carbocycles. The predicted octanol–water partition coefficient (Wildman–Crippen LogP) is 0.754. The number of hydrogen-bond donors (Lipinski definition) is 1. The Hall–Kier alpha value is -1.23. The molecule has 1 fully saturated rings. The van der Waals surface area contributed by atoms with Crippen LogP contribution in [0, 0.1) is 6.92 Å². The van der Waals surface area contributed by atoms with E-state index >= 15 is 0 Å². The van der Waals surface area contributed by atoms with Gasteiger partial charge in [-0.1, -0.05) is 29.8 Å². The Kier molecular flexibility index (Phi) is 5.07. The van der Waals surface area contributed by atoms with Crippen molar-refractivity contribution in [3.8, 4) is 0 Å². The van der Waals surface area contributed by atoms with Gasteiger partial charge in [0.15, 0.2) is 5.78 Å². The topological polar surface area (TPSA) is 49.6 Å². The molecule has 0 aromatic heterocycles. The number of benzene rings is 1. The van der Waals surface area contributed by atoms with Gasteiger partial charge in [0.25, 0.3) is 0 Å². The molecule has 1 aliphatic rings. The van der Waals surface area contributed by atoms with Crippen LogP contribution in [0.1, 0.15) is 15.9 Å². The van der Waals surface area contributed by atoms with Gasteiger partial charge in [0.2, 0.25) is 0 Å². The molecular formula is C15H23N3O. The molecule has 1 heterocycles. The molecule has 0 amide bonds. The van der Waals surface area contributed by atoms with Crippen molar-refractivity contribution in [1.29, 1.82) is 0 Å². The Morgan fingerprint density at radius 2 is 1.68 bits per heavy atom. The van der Waals surface area contributed by atoms with Crippen LogP contribution in [0.15, 0.2) is 24.3 Å². The van der Waals surface area contributed by atoms with E-state index in [1.165, 1.54) is 5.56 Å². The molecule has 0 unspecified atom stereocenters. The Morgan fingerprint density at radius 3 is 2.26 bits per heavy atom. The predicted molar refractivity (Wildman–Crippen MR) is 77.4 cm³/mol. The minimum absolute atomic E-state index is 0.215. The molecule has 1 aliphatic heterocycles. The van der Waals surface area contributed by atoms with Gasteiger partial charge in [-0.15, -0.1) is 0 Å². The fourth-order valence-corrected chi connectivity index (χ4v) is 2.39. The first-order chi connectivity index (χ1) is 9.19. The molecule has 19 heavy (non-hydrogen) atoms. The third-order valence-corrected chi connectivity index (χ3v) is 3.65. The molecule has 1 saturated heterocycles. The highest BCUT2D eigenvalue weighted by Gasteiger charge is 2.18. The summed E-state index contributed by atoms with van der Waals surface area (Å²) in [6, 6.07) is 7.82. The molecule has 2 rings (SSSR count). The van der Waals surface area contributed by atoms with E-state index in [0.29, 0.717) is 13.1 Å². The number of ketones is 1. The Balaban J connectivity index is 1.82. The molecule has 1 aromatic carbocycles. The minimum atomic E-state index is 0.215. The van der Waals surface area contributed by atoms with Crippen LogP contribution >= 0.6 is 0 Å². The van der Waals surface area contributed by atoms with Gasteiger partial charge in [-0.25, -0.2) is 0 Å². The molecule has 4 heteroatoms. The monoisotopic (exact) mass is 261 g/mol. The highest BCUT2D eigenvalue weighted by molar-refractivity contribution is 5.97. The molecule has 0 saturated carbocycles. The summed E-state index contributed by atoms with van der Waals surface area (Å²) in [5.41, 5.74) is 7.56. The number of piperazine rings is 1. The average molecular weight is 261 g/mol. The van der Waals surface area contributed by atoms with Crippen LogP contribution in [0.3, 0.4) is 0 Å². The molecule has 0 spiro atoms. The zero-order valence-corrected chi connectivity index (χ0v) is 11.6. The molecule has 4 nitrogen and oxygen atoms in total. The Bertz CT molecular complexity index is 408. The SMILES string of the molecule is Cc1ccc(C(=O)CN2CCN(CCN)CC2)cc1. The summed E-state index contributed by atoms with van der Waals surface area (Å²) in [7, 11) is 0. The number of rotatable bonds is 5. The van der Waals surface area contributed by atoms with Gasteiger partial charge in [0, 0.05) is 44.8 Å². The number of nitrogens with two attached hydrogens (primary N) is 1. The van der Waals surface area contributed by atoms with E-state index in [0.717, 1.165) is 38.3 Å². The maximum atomic E-state index is 12.2. The van der Waals surface area contributed by atoms with E-state index < -0.39 is 0 Å². The van der Waals surface area contributed by atoms with E-state index in [-0.39, 0.29) is 5.78 Å². The largest absolute Gasteiger partial charge is 0.329 e. The smallest absolute Gasteiger partial charge is 0.176 e. The maximum Gasteiger partial charge on any atom is 0.176 e. The van der Waals surface area contributed by atoms with E-state index in [9.17, 15) is 4.79 Å². The van der Waals surface area contributed by atoms with Crippen molar-refractivity contribution in [2.75, 3.05) is 45.8 Å². The number of aryl methyl sites for hydroxylation is 1. The first kappa shape index (κ1) is 14.2. The number of hydrogen-bond acceptors (Lipinski definition) is 4.